The van der Waals surface area contributed by atoms with Crippen LogP contribution in [0.2, 0.25) is 48.9 Å². The number of hydrogen-bond donors (Lipinski definition) is 0. The molecule has 2 nitrogen and oxygen atoms in total. The Morgan fingerprint density at radius 1 is 0.825 bits per heavy atom. The van der Waals surface area contributed by atoms with Gasteiger partial charge in [0.1, 0.15) is 0 Å². The molecule has 4 heteroatoms. The lowest BCUT2D eigenvalue weighted by molar-refractivity contribution is 0.00447. The minimum Gasteiger partial charge on any atom is -0.376 e. The lowest BCUT2D eigenvalue weighted by atomic mass is 9.83. The molecule has 5 aliphatic carbocycles. The zero-order chi connectivity index (χ0) is 28.6. The van der Waals surface area contributed by atoms with E-state index in [9.17, 15) is 0 Å². The van der Waals surface area contributed by atoms with Gasteiger partial charge in [-0.3, -0.25) is 4.90 Å². The van der Waals surface area contributed by atoms with Gasteiger partial charge in [0.15, 0.2) is 0 Å². The van der Waals surface area contributed by atoms with E-state index in [1.54, 1.807) is 0 Å². The summed E-state index contributed by atoms with van der Waals surface area (Å²) in [5.41, 5.74) is 3.88. The lowest BCUT2D eigenvalue weighted by Crippen LogP contribution is -2.49. The average molecular weight is 574 g/mol. The third-order valence-corrected chi connectivity index (χ3v) is 20.9. The first-order chi connectivity index (χ1) is 18.8. The van der Waals surface area contributed by atoms with Crippen LogP contribution in [0.5, 0.6) is 0 Å². The zero-order valence-electron chi connectivity index (χ0n) is 26.7. The SMILES string of the molecule is CC1=CC2C3C(C4C=CC=CC4C3[Si](C)(CCOC(C)(C)C)C3CC([Si](C)(C)C)C4C=CC=CC43)N(C)C2C=C1. The molecule has 0 aromatic heterocycles. The van der Waals surface area contributed by atoms with E-state index in [2.05, 4.69) is 133 Å². The standard InChI is InChI=1S/C36H55NOSi2/c1-24-18-19-30-29(22-24)33-34(37(30)5)27-16-12-13-17-28(27)35(33)40(9,21-20-38-36(2,3)4)32-23-31(39(6,7)8)25-14-10-11-15-26(25)32/h10-19,22,25-35H,20-21,23H2,1-9H3. The molecule has 0 radical (unpaired) electrons. The van der Waals surface area contributed by atoms with Crippen molar-refractivity contribution in [3.63, 3.8) is 0 Å². The van der Waals surface area contributed by atoms with Crippen molar-refractivity contribution in [2.24, 2.45) is 35.5 Å². The van der Waals surface area contributed by atoms with E-state index in [1.807, 2.05) is 0 Å². The summed E-state index contributed by atoms with van der Waals surface area (Å²) in [6.45, 7) is 20.7. The number of likely N-dealkylation sites (tertiary alicyclic amines) is 1. The summed E-state index contributed by atoms with van der Waals surface area (Å²) in [6, 6.07) is 2.48. The van der Waals surface area contributed by atoms with Gasteiger partial charge in [0.25, 0.3) is 0 Å². The normalized spacial score (nSPS) is 43.3. The van der Waals surface area contributed by atoms with Gasteiger partial charge in [-0.15, -0.1) is 0 Å². The molecule has 1 saturated heterocycles. The fraction of sp³-hybridized carbons (Fsp3) is 0.667. The number of likely N-dealkylation sites (N-methyl/N-ethyl adjacent to an activating group) is 1. The molecular formula is C36H55NOSi2. The third-order valence-electron chi connectivity index (χ3n) is 12.2. The van der Waals surface area contributed by atoms with Crippen LogP contribution in [0.25, 0.3) is 0 Å². The van der Waals surface area contributed by atoms with Gasteiger partial charge in [0.05, 0.1) is 13.7 Å². The van der Waals surface area contributed by atoms with Crippen LogP contribution in [0.1, 0.15) is 34.1 Å². The Morgan fingerprint density at radius 2 is 1.43 bits per heavy atom. The van der Waals surface area contributed by atoms with E-state index in [1.165, 1.54) is 18.0 Å². The van der Waals surface area contributed by atoms with Crippen LogP contribution in [-0.4, -0.2) is 52.4 Å². The number of allylic oxidation sites excluding steroid dienone is 9. The highest BCUT2D eigenvalue weighted by Gasteiger charge is 2.66. The van der Waals surface area contributed by atoms with Gasteiger partial charge in [-0.1, -0.05) is 105 Å². The van der Waals surface area contributed by atoms with Crippen LogP contribution in [0, 0.1) is 35.5 Å². The molecule has 0 amide bonds. The van der Waals surface area contributed by atoms with Crippen LogP contribution in [0.3, 0.4) is 0 Å². The summed E-state index contributed by atoms with van der Waals surface area (Å²) >= 11 is 0. The number of rotatable bonds is 6. The van der Waals surface area contributed by atoms with Crippen molar-refractivity contribution in [1.29, 1.82) is 0 Å². The van der Waals surface area contributed by atoms with Crippen molar-refractivity contribution < 1.29 is 4.74 Å². The van der Waals surface area contributed by atoms with Crippen molar-refractivity contribution >= 4 is 16.1 Å². The second kappa shape index (κ2) is 10.2. The van der Waals surface area contributed by atoms with Crippen molar-refractivity contribution in [3.8, 4) is 0 Å². The monoisotopic (exact) mass is 573 g/mol. The first-order valence-corrected chi connectivity index (χ1v) is 22.7. The summed E-state index contributed by atoms with van der Waals surface area (Å²) < 4.78 is 6.61. The highest BCUT2D eigenvalue weighted by molar-refractivity contribution is 6.82. The van der Waals surface area contributed by atoms with Gasteiger partial charge in [-0.05, 0) is 87.0 Å². The lowest BCUT2D eigenvalue weighted by Gasteiger charge is -2.48. The highest BCUT2D eigenvalue weighted by atomic mass is 28.3. The Morgan fingerprint density at radius 3 is 2.05 bits per heavy atom. The molecule has 0 N–H and O–H groups in total. The minimum absolute atomic E-state index is 0.0806. The summed E-state index contributed by atoms with van der Waals surface area (Å²) in [6.07, 6.45) is 29.1. The van der Waals surface area contributed by atoms with E-state index in [-0.39, 0.29) is 5.60 Å². The first kappa shape index (κ1) is 28.9. The van der Waals surface area contributed by atoms with Crippen LogP contribution >= 0.6 is 0 Å². The fourth-order valence-corrected chi connectivity index (χ4v) is 19.5. The van der Waals surface area contributed by atoms with E-state index in [0.717, 1.165) is 35.1 Å². The molecule has 218 valence electrons. The predicted octanol–water partition coefficient (Wildman–Crippen LogP) is 8.89. The fourth-order valence-electron chi connectivity index (χ4n) is 10.6. The quantitative estimate of drug-likeness (QED) is 0.294. The molecule has 0 spiro atoms. The van der Waals surface area contributed by atoms with Gasteiger partial charge in [-0.25, -0.2) is 0 Å². The Hall–Kier alpha value is -1.21. The van der Waals surface area contributed by atoms with Gasteiger partial charge in [-0.2, -0.15) is 0 Å². The van der Waals surface area contributed by atoms with Gasteiger partial charge in [0, 0.05) is 32.7 Å². The predicted molar refractivity (Wildman–Crippen MR) is 177 cm³/mol. The van der Waals surface area contributed by atoms with Crippen LogP contribution in [-0.2, 0) is 4.74 Å². The molecule has 2 saturated carbocycles. The second-order valence-corrected chi connectivity index (χ2v) is 26.9. The van der Waals surface area contributed by atoms with E-state index >= 15 is 0 Å². The number of fused-ring (bicyclic) bond motifs is 6. The topological polar surface area (TPSA) is 12.5 Å². The average Bonchev–Trinajstić information content (AvgIpc) is 3.52. The Bertz CT molecular complexity index is 1160. The molecule has 12 unspecified atom stereocenters. The largest absolute Gasteiger partial charge is 0.376 e. The van der Waals surface area contributed by atoms with E-state index in [0.29, 0.717) is 35.8 Å². The molecule has 3 fully saturated rings. The smallest absolute Gasteiger partial charge is 0.0605 e. The molecule has 1 heterocycles. The Balaban J connectivity index is 1.46. The molecule has 6 rings (SSSR count). The van der Waals surface area contributed by atoms with Crippen molar-refractivity contribution in [2.75, 3.05) is 13.7 Å². The molecule has 6 aliphatic rings. The van der Waals surface area contributed by atoms with Gasteiger partial charge < -0.3 is 4.74 Å². The minimum atomic E-state index is -1.89. The molecule has 12 atom stereocenters. The molecule has 0 bridgehead atoms. The summed E-state index contributed by atoms with van der Waals surface area (Å²) in [7, 11) is -0.756. The van der Waals surface area contributed by atoms with Crippen LogP contribution in [0.4, 0.5) is 0 Å². The van der Waals surface area contributed by atoms with E-state index < -0.39 is 16.1 Å². The summed E-state index contributed by atoms with van der Waals surface area (Å²) in [5, 5.41) is 0. The molecule has 0 aromatic carbocycles. The van der Waals surface area contributed by atoms with Crippen LogP contribution < -0.4 is 0 Å². The maximum absolute atomic E-state index is 6.61. The second-order valence-electron chi connectivity index (χ2n) is 16.5. The van der Waals surface area contributed by atoms with E-state index in [4.69, 9.17) is 4.74 Å². The zero-order valence-corrected chi connectivity index (χ0v) is 28.7. The highest BCUT2D eigenvalue weighted by Crippen LogP contribution is 2.68. The van der Waals surface area contributed by atoms with Gasteiger partial charge in [0.2, 0.25) is 0 Å². The molecular weight excluding hydrogens is 519 g/mol. The van der Waals surface area contributed by atoms with Crippen molar-refractivity contribution in [1.82, 2.24) is 4.90 Å². The maximum atomic E-state index is 6.61. The number of hydrogen-bond acceptors (Lipinski definition) is 2. The maximum Gasteiger partial charge on any atom is 0.0605 e. The summed E-state index contributed by atoms with van der Waals surface area (Å²) in [5.74, 6) is 4.13. The summed E-state index contributed by atoms with van der Waals surface area (Å²) in [4.78, 5) is 2.79. The molecule has 1 aliphatic heterocycles. The Labute approximate surface area is 247 Å². The first-order valence-electron chi connectivity index (χ1n) is 16.2. The number of nitrogens with zero attached hydrogens (tertiary/aromatic N) is 1. The molecule has 40 heavy (non-hydrogen) atoms. The molecule has 0 aromatic rings. The van der Waals surface area contributed by atoms with Crippen molar-refractivity contribution in [2.45, 2.75) is 101 Å². The van der Waals surface area contributed by atoms with Crippen molar-refractivity contribution in [3.05, 3.63) is 72.4 Å². The number of ether oxygens (including phenoxy) is 1. The Kier molecular flexibility index (Phi) is 7.37. The third kappa shape index (κ3) is 4.73. The van der Waals surface area contributed by atoms with Gasteiger partial charge >= 0.3 is 0 Å². The van der Waals surface area contributed by atoms with Crippen LogP contribution in [0.15, 0.2) is 72.4 Å².